The number of hydrogen-bond acceptors (Lipinski definition) is 1. The van der Waals surface area contributed by atoms with Crippen LogP contribution < -0.4 is 0 Å². The minimum atomic E-state index is -0.246. The van der Waals surface area contributed by atoms with Gasteiger partial charge in [-0.15, -0.1) is 11.6 Å². The van der Waals surface area contributed by atoms with E-state index < -0.39 is 0 Å². The van der Waals surface area contributed by atoms with Gasteiger partial charge in [-0.3, -0.25) is 0 Å². The lowest BCUT2D eigenvalue weighted by Crippen LogP contribution is -2.19. The molecule has 96 valence electrons. The molecule has 4 heteroatoms. The van der Waals surface area contributed by atoms with Gasteiger partial charge in [0.05, 0.1) is 16.4 Å². The van der Waals surface area contributed by atoms with E-state index in [2.05, 4.69) is 9.55 Å². The minimum Gasteiger partial charge on any atom is -0.326 e. The predicted molar refractivity (Wildman–Crippen MR) is 71.3 cm³/mol. The van der Waals surface area contributed by atoms with Crippen molar-refractivity contribution in [1.82, 2.24) is 9.55 Å². The number of aromatic nitrogens is 2. The lowest BCUT2D eigenvalue weighted by Gasteiger charge is -2.27. The fourth-order valence-corrected chi connectivity index (χ4v) is 2.72. The van der Waals surface area contributed by atoms with Crippen LogP contribution in [0.5, 0.6) is 0 Å². The quantitative estimate of drug-likeness (QED) is 0.759. The van der Waals surface area contributed by atoms with Gasteiger partial charge in [0, 0.05) is 12.6 Å². The van der Waals surface area contributed by atoms with E-state index in [0.717, 1.165) is 23.8 Å². The van der Waals surface area contributed by atoms with Crippen LogP contribution in [0.4, 0.5) is 4.39 Å². The summed E-state index contributed by atoms with van der Waals surface area (Å²) in [6, 6.07) is 4.78. The summed E-state index contributed by atoms with van der Waals surface area (Å²) in [7, 11) is 0. The summed E-state index contributed by atoms with van der Waals surface area (Å²) in [5.74, 6) is 1.33. The first-order valence-corrected chi connectivity index (χ1v) is 6.88. The van der Waals surface area contributed by atoms with Gasteiger partial charge in [-0.2, -0.15) is 0 Å². The molecule has 0 saturated heterocycles. The van der Waals surface area contributed by atoms with Crippen molar-refractivity contribution >= 4 is 22.6 Å². The SMILES string of the molecule is CC(Cl)c1nc2cc(F)ccc2n1CC1CCC1. The van der Waals surface area contributed by atoms with E-state index in [1.807, 2.05) is 6.92 Å². The maximum Gasteiger partial charge on any atom is 0.127 e. The van der Waals surface area contributed by atoms with Crippen molar-refractivity contribution < 1.29 is 4.39 Å². The number of halogens is 2. The summed E-state index contributed by atoms with van der Waals surface area (Å²) in [6.45, 7) is 2.87. The second-order valence-corrected chi connectivity index (χ2v) is 5.78. The molecule has 1 aromatic carbocycles. The van der Waals surface area contributed by atoms with E-state index in [-0.39, 0.29) is 11.2 Å². The molecule has 0 N–H and O–H groups in total. The van der Waals surface area contributed by atoms with E-state index in [0.29, 0.717) is 5.52 Å². The van der Waals surface area contributed by atoms with Crippen molar-refractivity contribution in [3.8, 4) is 0 Å². The van der Waals surface area contributed by atoms with Crippen LogP contribution in [-0.4, -0.2) is 9.55 Å². The smallest absolute Gasteiger partial charge is 0.127 e. The van der Waals surface area contributed by atoms with Crippen LogP contribution in [-0.2, 0) is 6.54 Å². The summed E-state index contributed by atoms with van der Waals surface area (Å²) < 4.78 is 15.4. The van der Waals surface area contributed by atoms with Crippen molar-refractivity contribution in [1.29, 1.82) is 0 Å². The van der Waals surface area contributed by atoms with Gasteiger partial charge in [-0.05, 0) is 37.8 Å². The van der Waals surface area contributed by atoms with E-state index in [1.165, 1.54) is 31.4 Å². The van der Waals surface area contributed by atoms with Crippen LogP contribution in [0.3, 0.4) is 0 Å². The van der Waals surface area contributed by atoms with Gasteiger partial charge >= 0.3 is 0 Å². The molecular weight excluding hydrogens is 251 g/mol. The lowest BCUT2D eigenvalue weighted by molar-refractivity contribution is 0.276. The molecule has 0 bridgehead atoms. The molecule has 1 aliphatic rings. The molecule has 0 aliphatic heterocycles. The highest BCUT2D eigenvalue weighted by Crippen LogP contribution is 2.32. The van der Waals surface area contributed by atoms with Gasteiger partial charge in [0.25, 0.3) is 0 Å². The molecule has 1 saturated carbocycles. The molecule has 18 heavy (non-hydrogen) atoms. The third-order valence-corrected chi connectivity index (χ3v) is 3.96. The van der Waals surface area contributed by atoms with Gasteiger partial charge in [0.1, 0.15) is 11.6 Å². The Hall–Kier alpha value is -1.09. The molecular formula is C14H16ClFN2. The monoisotopic (exact) mass is 266 g/mol. The Morgan fingerprint density at radius 2 is 2.28 bits per heavy atom. The van der Waals surface area contributed by atoms with Gasteiger partial charge in [-0.1, -0.05) is 6.42 Å². The highest BCUT2D eigenvalue weighted by atomic mass is 35.5. The molecule has 0 spiro atoms. The summed E-state index contributed by atoms with van der Waals surface area (Å²) in [5, 5.41) is -0.152. The Morgan fingerprint density at radius 3 is 2.89 bits per heavy atom. The highest BCUT2D eigenvalue weighted by Gasteiger charge is 2.22. The first kappa shape index (κ1) is 12.0. The average Bonchev–Trinajstić information content (AvgIpc) is 2.61. The van der Waals surface area contributed by atoms with Crippen molar-refractivity contribution in [2.24, 2.45) is 5.92 Å². The summed E-state index contributed by atoms with van der Waals surface area (Å²) in [4.78, 5) is 4.48. The molecule has 0 radical (unpaired) electrons. The molecule has 1 fully saturated rings. The number of benzene rings is 1. The lowest BCUT2D eigenvalue weighted by atomic mass is 9.85. The zero-order chi connectivity index (χ0) is 12.7. The van der Waals surface area contributed by atoms with Gasteiger partial charge in [0.2, 0.25) is 0 Å². The molecule has 2 aromatic rings. The summed E-state index contributed by atoms with van der Waals surface area (Å²) >= 11 is 6.19. The zero-order valence-electron chi connectivity index (χ0n) is 10.4. The van der Waals surface area contributed by atoms with Crippen molar-refractivity contribution in [2.75, 3.05) is 0 Å². The Kier molecular flexibility index (Phi) is 3.02. The van der Waals surface area contributed by atoms with E-state index >= 15 is 0 Å². The third kappa shape index (κ3) is 2.01. The normalized spacial score (nSPS) is 17.9. The molecule has 1 aliphatic carbocycles. The second kappa shape index (κ2) is 4.54. The first-order valence-electron chi connectivity index (χ1n) is 6.45. The molecule has 1 heterocycles. The van der Waals surface area contributed by atoms with E-state index in [4.69, 9.17) is 11.6 Å². The zero-order valence-corrected chi connectivity index (χ0v) is 11.1. The number of rotatable bonds is 3. The number of fused-ring (bicyclic) bond motifs is 1. The fourth-order valence-electron chi connectivity index (χ4n) is 2.55. The number of nitrogens with zero attached hydrogens (tertiary/aromatic N) is 2. The summed E-state index contributed by atoms with van der Waals surface area (Å²) in [5.41, 5.74) is 1.70. The summed E-state index contributed by atoms with van der Waals surface area (Å²) in [6.07, 6.45) is 3.87. The van der Waals surface area contributed by atoms with Crippen molar-refractivity contribution in [2.45, 2.75) is 38.1 Å². The minimum absolute atomic E-state index is 0.152. The Balaban J connectivity index is 2.08. The maximum atomic E-state index is 13.2. The third-order valence-electron chi connectivity index (χ3n) is 3.76. The fraction of sp³-hybridized carbons (Fsp3) is 0.500. The molecule has 1 atom stereocenters. The van der Waals surface area contributed by atoms with Crippen molar-refractivity contribution in [3.63, 3.8) is 0 Å². The second-order valence-electron chi connectivity index (χ2n) is 5.13. The molecule has 1 unspecified atom stereocenters. The molecule has 1 aromatic heterocycles. The Bertz CT molecular complexity index is 572. The molecule has 3 rings (SSSR count). The Morgan fingerprint density at radius 1 is 1.50 bits per heavy atom. The number of alkyl halides is 1. The van der Waals surface area contributed by atoms with Gasteiger partial charge in [0.15, 0.2) is 0 Å². The maximum absolute atomic E-state index is 13.2. The highest BCUT2D eigenvalue weighted by molar-refractivity contribution is 6.20. The van der Waals surface area contributed by atoms with Gasteiger partial charge < -0.3 is 4.57 Å². The number of hydrogen-bond donors (Lipinski definition) is 0. The van der Waals surface area contributed by atoms with Crippen molar-refractivity contribution in [3.05, 3.63) is 29.8 Å². The topological polar surface area (TPSA) is 17.8 Å². The van der Waals surface area contributed by atoms with E-state index in [1.54, 1.807) is 6.07 Å². The van der Waals surface area contributed by atoms with Crippen LogP contribution in [0.1, 0.15) is 37.4 Å². The largest absolute Gasteiger partial charge is 0.326 e. The Labute approximate surface area is 111 Å². The number of imidazole rings is 1. The molecule has 2 nitrogen and oxygen atoms in total. The predicted octanol–water partition coefficient (Wildman–Crippen LogP) is 4.28. The first-order chi connectivity index (χ1) is 8.65. The molecule has 0 amide bonds. The average molecular weight is 267 g/mol. The standard InChI is InChI=1S/C14H16ClFN2/c1-9(15)14-17-12-7-11(16)5-6-13(12)18(14)8-10-3-2-4-10/h5-7,9-10H,2-4,8H2,1H3. The van der Waals surface area contributed by atoms with Crippen LogP contribution in [0.15, 0.2) is 18.2 Å². The van der Waals surface area contributed by atoms with Crippen LogP contribution in [0.25, 0.3) is 11.0 Å². The van der Waals surface area contributed by atoms with Crippen LogP contribution in [0.2, 0.25) is 0 Å². The van der Waals surface area contributed by atoms with Crippen LogP contribution >= 0.6 is 11.6 Å². The van der Waals surface area contributed by atoms with E-state index in [9.17, 15) is 4.39 Å². The van der Waals surface area contributed by atoms with Crippen LogP contribution in [0, 0.1) is 11.7 Å². The van der Waals surface area contributed by atoms with Gasteiger partial charge in [-0.25, -0.2) is 9.37 Å².